The Bertz CT molecular complexity index is 2630. The summed E-state index contributed by atoms with van der Waals surface area (Å²) in [6, 6.07) is 23.1. The quantitative estimate of drug-likeness (QED) is 0.0965. The Hall–Kier alpha value is -6.28. The fraction of sp³-hybridized carbons (Fsp3) is 0.404. The van der Waals surface area contributed by atoms with Crippen molar-refractivity contribution in [2.75, 3.05) is 27.3 Å². The molecule has 3 amide bonds. The minimum absolute atomic E-state index is 0.110. The smallest absolute Gasteiger partial charge is 0.407 e. The number of likely N-dealkylation sites (tertiary alicyclic amines) is 2. The lowest BCUT2D eigenvalue weighted by Gasteiger charge is -2.31. The number of benzene rings is 4. The summed E-state index contributed by atoms with van der Waals surface area (Å²) in [7, 11) is 2.58. The van der Waals surface area contributed by atoms with Gasteiger partial charge in [0.05, 0.1) is 54.3 Å². The van der Waals surface area contributed by atoms with Gasteiger partial charge < -0.3 is 40.3 Å². The molecule has 0 saturated carbocycles. The molecule has 61 heavy (non-hydrogen) atoms. The van der Waals surface area contributed by atoms with Gasteiger partial charge in [-0.25, -0.2) is 14.8 Å². The Morgan fingerprint density at radius 2 is 1.15 bits per heavy atom. The Balaban J connectivity index is 0.996. The van der Waals surface area contributed by atoms with E-state index in [9.17, 15) is 19.2 Å². The molecule has 318 valence electrons. The summed E-state index contributed by atoms with van der Waals surface area (Å²) in [5, 5.41) is 4.92. The summed E-state index contributed by atoms with van der Waals surface area (Å²) in [6.45, 7) is 8.78. The highest BCUT2D eigenvalue weighted by Crippen LogP contribution is 2.37. The van der Waals surface area contributed by atoms with E-state index in [4.69, 9.17) is 25.2 Å². The monoisotopic (exact) mass is 826 g/mol. The molecule has 8 rings (SSSR count). The third-order valence-corrected chi connectivity index (χ3v) is 12.5. The van der Waals surface area contributed by atoms with Crippen molar-refractivity contribution in [3.8, 4) is 22.3 Å². The zero-order chi connectivity index (χ0) is 43.1. The van der Waals surface area contributed by atoms with Crippen molar-refractivity contribution in [3.05, 3.63) is 84.4 Å². The minimum Gasteiger partial charge on any atom is -0.468 e. The lowest BCUT2D eigenvalue weighted by molar-refractivity contribution is -0.150. The molecule has 2 aliphatic heterocycles. The molecule has 4 aromatic carbocycles. The van der Waals surface area contributed by atoms with Crippen molar-refractivity contribution in [1.29, 1.82) is 0 Å². The number of hydrogen-bond donors (Lipinski definition) is 4. The third-order valence-electron chi connectivity index (χ3n) is 12.5. The highest BCUT2D eigenvalue weighted by molar-refractivity contribution is 5.94. The summed E-state index contributed by atoms with van der Waals surface area (Å²) in [4.78, 5) is 72.4. The van der Waals surface area contributed by atoms with Crippen LogP contribution in [0.5, 0.6) is 0 Å². The highest BCUT2D eigenvalue weighted by atomic mass is 16.5. The Kier molecular flexibility index (Phi) is 11.6. The van der Waals surface area contributed by atoms with Crippen LogP contribution in [0.1, 0.15) is 77.1 Å². The van der Waals surface area contributed by atoms with E-state index in [0.717, 1.165) is 92.4 Å². The molecule has 5 atom stereocenters. The maximum absolute atomic E-state index is 13.9. The van der Waals surface area contributed by atoms with Gasteiger partial charge in [0.25, 0.3) is 0 Å². The first kappa shape index (κ1) is 41.5. The summed E-state index contributed by atoms with van der Waals surface area (Å²) >= 11 is 0. The summed E-state index contributed by atoms with van der Waals surface area (Å²) < 4.78 is 9.66. The van der Waals surface area contributed by atoms with Crippen LogP contribution in [0.15, 0.2) is 72.8 Å². The van der Waals surface area contributed by atoms with Gasteiger partial charge in [0.1, 0.15) is 23.7 Å². The first-order valence-corrected chi connectivity index (χ1v) is 21.2. The molecule has 5 N–H and O–H groups in total. The van der Waals surface area contributed by atoms with E-state index >= 15 is 0 Å². The fourth-order valence-corrected chi connectivity index (χ4v) is 9.17. The van der Waals surface area contributed by atoms with Crippen LogP contribution >= 0.6 is 0 Å². The first-order chi connectivity index (χ1) is 29.3. The van der Waals surface area contributed by atoms with Crippen molar-refractivity contribution in [3.63, 3.8) is 0 Å². The standard InChI is InChI=1S/C47H54N8O6/c1-25(2)39(40(48)46(58)60-5)44(56)54-19-7-9-37(54)42-49-33-17-15-31(23-35(33)51-42)29-13-11-28-22-30(14-12-27(28)21-29)32-16-18-34-36(24-32)52-43(50-34)38-10-8-20-55(38)45(57)41(26(3)4)53-47(59)61-6/h11-18,21-26,37-41H,7-10,19-20,48H2,1-6H3,(H,49,51)(H,50,52)(H,53,59)/t37-,38-,39+,40?,41-/m0/s1. The number of nitrogens with one attached hydrogen (secondary N) is 3. The van der Waals surface area contributed by atoms with Crippen LogP contribution in [-0.2, 0) is 23.9 Å². The van der Waals surface area contributed by atoms with Crippen LogP contribution in [0.3, 0.4) is 0 Å². The molecule has 2 aromatic heterocycles. The van der Waals surface area contributed by atoms with Crippen LogP contribution < -0.4 is 11.1 Å². The summed E-state index contributed by atoms with van der Waals surface area (Å²) in [6.07, 6.45) is 2.59. The Morgan fingerprint density at radius 3 is 1.61 bits per heavy atom. The lowest BCUT2D eigenvalue weighted by Crippen LogP contribution is -2.51. The largest absolute Gasteiger partial charge is 0.468 e. The molecular weight excluding hydrogens is 773 g/mol. The lowest BCUT2D eigenvalue weighted by atomic mass is 9.87. The summed E-state index contributed by atoms with van der Waals surface area (Å²) in [5.74, 6) is -0.368. The molecule has 2 aliphatic rings. The van der Waals surface area contributed by atoms with Crippen LogP contribution in [0, 0.1) is 17.8 Å². The van der Waals surface area contributed by atoms with E-state index in [-0.39, 0.29) is 35.7 Å². The number of esters is 1. The van der Waals surface area contributed by atoms with E-state index in [2.05, 4.69) is 75.9 Å². The number of carbonyl (C=O) groups excluding carboxylic acids is 4. The molecule has 14 heteroatoms. The van der Waals surface area contributed by atoms with E-state index in [0.29, 0.717) is 13.1 Å². The second-order valence-corrected chi connectivity index (χ2v) is 17.0. The number of H-pyrrole nitrogens is 2. The maximum atomic E-state index is 13.9. The van der Waals surface area contributed by atoms with Gasteiger partial charge in [-0.1, -0.05) is 64.1 Å². The first-order valence-electron chi connectivity index (χ1n) is 21.2. The van der Waals surface area contributed by atoms with Crippen molar-refractivity contribution < 1.29 is 28.7 Å². The highest BCUT2D eigenvalue weighted by Gasteiger charge is 2.42. The van der Waals surface area contributed by atoms with E-state index in [1.807, 2.05) is 49.6 Å². The van der Waals surface area contributed by atoms with Gasteiger partial charge in [-0.05, 0) is 107 Å². The number of alkyl carbamates (subject to hydrolysis) is 1. The van der Waals surface area contributed by atoms with Gasteiger partial charge >= 0.3 is 12.1 Å². The van der Waals surface area contributed by atoms with Gasteiger partial charge in [0, 0.05) is 13.1 Å². The van der Waals surface area contributed by atoms with Crippen molar-refractivity contribution >= 4 is 56.7 Å². The SMILES string of the molecule is COC(=O)N[C@H](C(=O)N1CCC[C@H]1c1nc2ccc(-c3ccc4cc(-c5ccc6nc([C@@H]7CCCN7C(=O)[C@H](C(C)C)C(N)C(=O)OC)[nH]c6c5)ccc4c3)cc2[nH]1)C(C)C. The van der Waals surface area contributed by atoms with Crippen molar-refractivity contribution in [2.24, 2.45) is 23.5 Å². The normalized spacial score (nSPS) is 18.3. The molecule has 14 nitrogen and oxygen atoms in total. The number of carbonyl (C=O) groups is 4. The van der Waals surface area contributed by atoms with Crippen LogP contribution in [0.2, 0.25) is 0 Å². The van der Waals surface area contributed by atoms with Crippen molar-refractivity contribution in [1.82, 2.24) is 35.1 Å². The van der Waals surface area contributed by atoms with Crippen LogP contribution in [0.4, 0.5) is 4.79 Å². The molecular formula is C47H54N8O6. The number of rotatable bonds is 11. The number of hydrogen-bond acceptors (Lipinski definition) is 9. The van der Waals surface area contributed by atoms with Crippen LogP contribution in [0.25, 0.3) is 55.1 Å². The molecule has 2 fully saturated rings. The molecule has 1 unspecified atom stereocenters. The number of methoxy groups -OCH3 is 2. The number of aromatic nitrogens is 4. The minimum atomic E-state index is -1.04. The number of ether oxygens (including phenoxy) is 2. The van der Waals surface area contributed by atoms with Crippen LogP contribution in [-0.4, -0.2) is 93.0 Å². The topological polar surface area (TPSA) is 189 Å². The molecule has 2 saturated heterocycles. The summed E-state index contributed by atoms with van der Waals surface area (Å²) in [5.41, 5.74) is 13.9. The predicted molar refractivity (Wildman–Crippen MR) is 234 cm³/mol. The number of nitrogens with two attached hydrogens (primary N) is 1. The average Bonchev–Trinajstić information content (AvgIpc) is 4.09. The second kappa shape index (κ2) is 17.0. The second-order valence-electron chi connectivity index (χ2n) is 17.0. The zero-order valence-electron chi connectivity index (χ0n) is 35.5. The molecule has 0 aliphatic carbocycles. The molecule has 4 heterocycles. The number of aromatic amines is 2. The number of nitrogens with zero attached hydrogens (tertiary/aromatic N) is 4. The predicted octanol–water partition coefficient (Wildman–Crippen LogP) is 7.41. The Labute approximate surface area is 354 Å². The molecule has 0 bridgehead atoms. The van der Waals surface area contributed by atoms with Gasteiger partial charge in [-0.3, -0.25) is 14.4 Å². The molecule has 6 aromatic rings. The fourth-order valence-electron chi connectivity index (χ4n) is 9.17. The van der Waals surface area contributed by atoms with E-state index in [1.165, 1.54) is 14.2 Å². The van der Waals surface area contributed by atoms with Crippen molar-refractivity contribution in [2.45, 2.75) is 77.5 Å². The molecule has 0 spiro atoms. The van der Waals surface area contributed by atoms with Gasteiger partial charge in [-0.15, -0.1) is 0 Å². The van der Waals surface area contributed by atoms with Gasteiger partial charge in [0.15, 0.2) is 0 Å². The number of imidazole rings is 2. The van der Waals surface area contributed by atoms with E-state index < -0.39 is 30.1 Å². The third kappa shape index (κ3) is 8.04. The van der Waals surface area contributed by atoms with Gasteiger partial charge in [0.2, 0.25) is 11.8 Å². The number of amides is 3. The number of fused-ring (bicyclic) bond motifs is 3. The van der Waals surface area contributed by atoms with E-state index in [1.54, 1.807) is 0 Å². The molecule has 0 radical (unpaired) electrons. The zero-order valence-corrected chi connectivity index (χ0v) is 35.5. The Morgan fingerprint density at radius 1 is 0.672 bits per heavy atom. The maximum Gasteiger partial charge on any atom is 0.407 e. The van der Waals surface area contributed by atoms with Gasteiger partial charge in [-0.2, -0.15) is 0 Å². The average molecular weight is 827 g/mol.